The summed E-state index contributed by atoms with van der Waals surface area (Å²) >= 11 is 5.86. The molecule has 0 spiro atoms. The topological polar surface area (TPSA) is 51.2 Å². The Kier molecular flexibility index (Phi) is 4.96. The van der Waals surface area contributed by atoms with Crippen molar-refractivity contribution in [3.8, 4) is 5.75 Å². The molecule has 5 heteroatoms. The number of nitrogens with one attached hydrogen (secondary N) is 1. The zero-order valence-corrected chi connectivity index (χ0v) is 11.9. The summed E-state index contributed by atoms with van der Waals surface area (Å²) < 4.78 is 5.46. The van der Waals surface area contributed by atoms with Crippen molar-refractivity contribution in [1.29, 1.82) is 0 Å². The van der Waals surface area contributed by atoms with E-state index < -0.39 is 0 Å². The minimum Gasteiger partial charge on any atom is -0.484 e. The second-order valence-electron chi connectivity index (χ2n) is 4.34. The molecule has 0 aliphatic carbocycles. The first kappa shape index (κ1) is 14.3. The van der Waals surface area contributed by atoms with E-state index in [1.807, 2.05) is 19.1 Å². The van der Waals surface area contributed by atoms with Crippen molar-refractivity contribution >= 4 is 17.5 Å². The van der Waals surface area contributed by atoms with E-state index in [1.165, 1.54) is 0 Å². The molecule has 2 rings (SSSR count). The van der Waals surface area contributed by atoms with Crippen LogP contribution in [-0.4, -0.2) is 17.5 Å². The van der Waals surface area contributed by atoms with Gasteiger partial charge >= 0.3 is 0 Å². The van der Waals surface area contributed by atoms with E-state index in [9.17, 15) is 4.79 Å². The van der Waals surface area contributed by atoms with Crippen molar-refractivity contribution in [2.75, 3.05) is 6.61 Å². The number of benzene rings is 1. The highest BCUT2D eigenvalue weighted by Gasteiger charge is 2.05. The molecule has 0 fully saturated rings. The predicted molar refractivity (Wildman–Crippen MR) is 77.8 cm³/mol. The largest absolute Gasteiger partial charge is 0.484 e. The summed E-state index contributed by atoms with van der Waals surface area (Å²) in [5.74, 6) is 0.481. The monoisotopic (exact) mass is 290 g/mol. The number of rotatable bonds is 5. The summed E-state index contributed by atoms with van der Waals surface area (Å²) in [4.78, 5) is 15.7. The molecule has 4 nitrogen and oxygen atoms in total. The van der Waals surface area contributed by atoms with Gasteiger partial charge in [-0.2, -0.15) is 0 Å². The quantitative estimate of drug-likeness (QED) is 0.921. The number of pyridine rings is 1. The van der Waals surface area contributed by atoms with Crippen LogP contribution in [0.3, 0.4) is 0 Å². The molecule has 1 aromatic heterocycles. The third kappa shape index (κ3) is 4.24. The van der Waals surface area contributed by atoms with Crippen LogP contribution in [0.1, 0.15) is 11.1 Å². The summed E-state index contributed by atoms with van der Waals surface area (Å²) in [5, 5.41) is 3.42. The van der Waals surface area contributed by atoms with Crippen molar-refractivity contribution in [3.63, 3.8) is 0 Å². The van der Waals surface area contributed by atoms with E-state index in [0.29, 0.717) is 17.3 Å². The molecule has 2 aromatic rings. The first-order chi connectivity index (χ1) is 9.65. The van der Waals surface area contributed by atoms with Gasteiger partial charge in [0.1, 0.15) is 5.75 Å². The molecule has 0 unspecified atom stereocenters. The molecule has 0 saturated carbocycles. The molecule has 0 radical (unpaired) electrons. The number of nitrogens with zero attached hydrogens (tertiary/aromatic N) is 1. The number of aromatic nitrogens is 1. The number of halogens is 1. The van der Waals surface area contributed by atoms with Gasteiger partial charge in [-0.25, -0.2) is 0 Å². The van der Waals surface area contributed by atoms with E-state index in [1.54, 1.807) is 30.6 Å². The van der Waals surface area contributed by atoms with Crippen LogP contribution >= 0.6 is 11.6 Å². The SMILES string of the molecule is Cc1cc(Cl)ccc1OCC(=O)NCc1cccnc1. The Bertz CT molecular complexity index is 588. The van der Waals surface area contributed by atoms with Gasteiger partial charge in [-0.1, -0.05) is 17.7 Å². The molecule has 1 aromatic carbocycles. The second-order valence-corrected chi connectivity index (χ2v) is 4.77. The Hall–Kier alpha value is -2.07. The van der Waals surface area contributed by atoms with Crippen molar-refractivity contribution in [3.05, 3.63) is 58.9 Å². The fourth-order valence-electron chi connectivity index (χ4n) is 1.67. The fraction of sp³-hybridized carbons (Fsp3) is 0.200. The molecule has 1 N–H and O–H groups in total. The molecule has 1 heterocycles. The summed E-state index contributed by atoms with van der Waals surface area (Å²) in [5.41, 5.74) is 1.85. The van der Waals surface area contributed by atoms with Crippen LogP contribution in [-0.2, 0) is 11.3 Å². The number of hydrogen-bond acceptors (Lipinski definition) is 3. The molecule has 0 atom stereocenters. The second kappa shape index (κ2) is 6.91. The van der Waals surface area contributed by atoms with Crippen LogP contribution < -0.4 is 10.1 Å². The van der Waals surface area contributed by atoms with E-state index in [-0.39, 0.29) is 12.5 Å². The summed E-state index contributed by atoms with van der Waals surface area (Å²) in [7, 11) is 0. The number of ether oxygens (including phenoxy) is 1. The van der Waals surface area contributed by atoms with Crippen LogP contribution in [0.2, 0.25) is 5.02 Å². The Morgan fingerprint density at radius 2 is 2.25 bits per heavy atom. The Morgan fingerprint density at radius 3 is 2.95 bits per heavy atom. The number of amides is 1. The fourth-order valence-corrected chi connectivity index (χ4v) is 1.90. The minimum absolute atomic E-state index is 0.0251. The molecule has 104 valence electrons. The Balaban J connectivity index is 1.80. The maximum absolute atomic E-state index is 11.7. The lowest BCUT2D eigenvalue weighted by molar-refractivity contribution is -0.123. The van der Waals surface area contributed by atoms with E-state index in [2.05, 4.69) is 10.3 Å². The normalized spacial score (nSPS) is 10.1. The van der Waals surface area contributed by atoms with Gasteiger partial charge in [0.2, 0.25) is 0 Å². The van der Waals surface area contributed by atoms with Gasteiger partial charge in [-0.3, -0.25) is 9.78 Å². The highest BCUT2D eigenvalue weighted by molar-refractivity contribution is 6.30. The summed E-state index contributed by atoms with van der Waals surface area (Å²) in [6, 6.07) is 9.01. The third-order valence-electron chi connectivity index (χ3n) is 2.71. The molecular weight excluding hydrogens is 276 g/mol. The van der Waals surface area contributed by atoms with E-state index >= 15 is 0 Å². The highest BCUT2D eigenvalue weighted by atomic mass is 35.5. The van der Waals surface area contributed by atoms with E-state index in [0.717, 1.165) is 11.1 Å². The van der Waals surface area contributed by atoms with Crippen LogP contribution in [0.4, 0.5) is 0 Å². The summed E-state index contributed by atoms with van der Waals surface area (Å²) in [6.45, 7) is 2.30. The zero-order chi connectivity index (χ0) is 14.4. The first-order valence-electron chi connectivity index (χ1n) is 6.20. The molecule has 20 heavy (non-hydrogen) atoms. The Labute approximate surface area is 122 Å². The summed E-state index contributed by atoms with van der Waals surface area (Å²) in [6.07, 6.45) is 3.40. The Morgan fingerprint density at radius 1 is 1.40 bits per heavy atom. The first-order valence-corrected chi connectivity index (χ1v) is 6.57. The van der Waals surface area contributed by atoms with Crippen molar-refractivity contribution in [1.82, 2.24) is 10.3 Å². The van der Waals surface area contributed by atoms with Gasteiger partial charge in [0.15, 0.2) is 6.61 Å². The number of carbonyl (C=O) groups excluding carboxylic acids is 1. The third-order valence-corrected chi connectivity index (χ3v) is 2.94. The standard InChI is InChI=1S/C15H15ClN2O2/c1-11-7-13(16)4-5-14(11)20-10-15(19)18-9-12-3-2-6-17-8-12/h2-8H,9-10H2,1H3,(H,18,19). The number of carbonyl (C=O) groups is 1. The van der Waals surface area contributed by atoms with Crippen molar-refractivity contribution < 1.29 is 9.53 Å². The van der Waals surface area contributed by atoms with Gasteiger partial charge < -0.3 is 10.1 Å². The molecule has 1 amide bonds. The van der Waals surface area contributed by atoms with Crippen molar-refractivity contribution in [2.24, 2.45) is 0 Å². The lowest BCUT2D eigenvalue weighted by Gasteiger charge is -2.09. The molecular formula is C15H15ClN2O2. The smallest absolute Gasteiger partial charge is 0.258 e. The predicted octanol–water partition coefficient (Wildman–Crippen LogP) is 2.74. The minimum atomic E-state index is -0.178. The maximum Gasteiger partial charge on any atom is 0.258 e. The van der Waals surface area contributed by atoms with Crippen LogP contribution in [0.15, 0.2) is 42.7 Å². The lowest BCUT2D eigenvalue weighted by Crippen LogP contribution is -2.28. The molecule has 0 saturated heterocycles. The average molecular weight is 291 g/mol. The highest BCUT2D eigenvalue weighted by Crippen LogP contribution is 2.21. The van der Waals surface area contributed by atoms with Gasteiger partial charge in [0.05, 0.1) is 0 Å². The van der Waals surface area contributed by atoms with Gasteiger partial charge in [-0.05, 0) is 42.3 Å². The number of aryl methyl sites for hydroxylation is 1. The molecule has 0 aliphatic rings. The molecule has 0 aliphatic heterocycles. The van der Waals surface area contributed by atoms with Crippen LogP contribution in [0, 0.1) is 6.92 Å². The lowest BCUT2D eigenvalue weighted by atomic mass is 10.2. The average Bonchev–Trinajstić information content (AvgIpc) is 2.45. The number of hydrogen-bond donors (Lipinski definition) is 1. The van der Waals surface area contributed by atoms with Crippen LogP contribution in [0.25, 0.3) is 0 Å². The van der Waals surface area contributed by atoms with Gasteiger partial charge in [-0.15, -0.1) is 0 Å². The molecule has 0 bridgehead atoms. The van der Waals surface area contributed by atoms with Gasteiger partial charge in [0.25, 0.3) is 5.91 Å². The van der Waals surface area contributed by atoms with Crippen LogP contribution in [0.5, 0.6) is 5.75 Å². The van der Waals surface area contributed by atoms with E-state index in [4.69, 9.17) is 16.3 Å². The van der Waals surface area contributed by atoms with Gasteiger partial charge in [0, 0.05) is 24.0 Å². The maximum atomic E-state index is 11.7. The van der Waals surface area contributed by atoms with Crippen molar-refractivity contribution in [2.45, 2.75) is 13.5 Å². The zero-order valence-electron chi connectivity index (χ0n) is 11.1.